The van der Waals surface area contributed by atoms with E-state index in [0.29, 0.717) is 18.0 Å². The summed E-state index contributed by atoms with van der Waals surface area (Å²) in [5, 5.41) is 0. The van der Waals surface area contributed by atoms with Crippen LogP contribution in [-0.2, 0) is 0 Å². The van der Waals surface area contributed by atoms with Crippen molar-refractivity contribution in [3.05, 3.63) is 35.4 Å². The lowest BCUT2D eigenvalue weighted by atomic mass is 9.99. The molecule has 1 aromatic rings. The Bertz CT molecular complexity index is 511. The zero-order valence-corrected chi connectivity index (χ0v) is 14.1. The molecule has 1 aliphatic heterocycles. The van der Waals surface area contributed by atoms with Gasteiger partial charge in [0.05, 0.1) is 0 Å². The molecule has 3 nitrogen and oxygen atoms in total. The maximum Gasteiger partial charge on any atom is 0.254 e. The molecule has 120 valence electrons. The first kappa shape index (κ1) is 15.5. The number of rotatable bonds is 4. The highest BCUT2D eigenvalue weighted by Crippen LogP contribution is 2.33. The van der Waals surface area contributed by atoms with Gasteiger partial charge in [-0.05, 0) is 69.4 Å². The van der Waals surface area contributed by atoms with Crippen LogP contribution in [0.4, 0.5) is 0 Å². The second-order valence-electron chi connectivity index (χ2n) is 7.25. The summed E-state index contributed by atoms with van der Waals surface area (Å²) in [4.78, 5) is 17.6. The molecule has 0 unspecified atom stereocenters. The highest BCUT2D eigenvalue weighted by molar-refractivity contribution is 5.95. The molecule has 1 heterocycles. The van der Waals surface area contributed by atoms with Crippen LogP contribution in [-0.4, -0.2) is 47.9 Å². The third-order valence-electron chi connectivity index (χ3n) is 5.08. The summed E-state index contributed by atoms with van der Waals surface area (Å²) in [6, 6.07) is 9.17. The predicted molar refractivity (Wildman–Crippen MR) is 90.2 cm³/mol. The van der Waals surface area contributed by atoms with Gasteiger partial charge in [-0.15, -0.1) is 0 Å². The SMILES string of the molecule is CC(C)c1ccc(C(=O)N(C2CC2)C2CCN(C)CC2)cc1. The Morgan fingerprint density at radius 1 is 1.05 bits per heavy atom. The van der Waals surface area contributed by atoms with Crippen molar-refractivity contribution < 1.29 is 4.79 Å². The molecule has 3 heteroatoms. The van der Waals surface area contributed by atoms with Gasteiger partial charge in [-0.1, -0.05) is 26.0 Å². The molecule has 0 bridgehead atoms. The topological polar surface area (TPSA) is 23.6 Å². The number of piperidine rings is 1. The molecule has 2 fully saturated rings. The highest BCUT2D eigenvalue weighted by atomic mass is 16.2. The molecule has 0 spiro atoms. The maximum atomic E-state index is 13.0. The first-order valence-corrected chi connectivity index (χ1v) is 8.67. The summed E-state index contributed by atoms with van der Waals surface area (Å²) in [7, 11) is 2.17. The molecular formula is C19H28N2O. The lowest BCUT2D eigenvalue weighted by Gasteiger charge is -2.37. The predicted octanol–water partition coefficient (Wildman–Crippen LogP) is 3.51. The first-order valence-electron chi connectivity index (χ1n) is 8.67. The van der Waals surface area contributed by atoms with Gasteiger partial charge >= 0.3 is 0 Å². The van der Waals surface area contributed by atoms with Crippen molar-refractivity contribution in [2.45, 2.75) is 57.5 Å². The largest absolute Gasteiger partial charge is 0.333 e. The minimum atomic E-state index is 0.243. The van der Waals surface area contributed by atoms with Crippen LogP contribution in [0.5, 0.6) is 0 Å². The quantitative estimate of drug-likeness (QED) is 0.849. The lowest BCUT2D eigenvalue weighted by Crippen LogP contribution is -2.47. The van der Waals surface area contributed by atoms with E-state index in [1.54, 1.807) is 0 Å². The van der Waals surface area contributed by atoms with Gasteiger partial charge in [0.15, 0.2) is 0 Å². The molecule has 0 N–H and O–H groups in total. The van der Waals surface area contributed by atoms with Gasteiger partial charge in [0.1, 0.15) is 0 Å². The normalized spacial score (nSPS) is 20.4. The number of likely N-dealkylation sites (tertiary alicyclic amines) is 1. The third-order valence-corrected chi connectivity index (χ3v) is 5.08. The minimum Gasteiger partial charge on any atom is -0.333 e. The van der Waals surface area contributed by atoms with E-state index in [4.69, 9.17) is 0 Å². The van der Waals surface area contributed by atoms with Crippen molar-refractivity contribution in [1.29, 1.82) is 0 Å². The van der Waals surface area contributed by atoms with Crippen molar-refractivity contribution in [2.24, 2.45) is 0 Å². The maximum absolute atomic E-state index is 13.0. The minimum absolute atomic E-state index is 0.243. The average molecular weight is 300 g/mol. The zero-order valence-electron chi connectivity index (χ0n) is 14.1. The summed E-state index contributed by atoms with van der Waals surface area (Å²) in [5.41, 5.74) is 2.16. The zero-order chi connectivity index (χ0) is 15.7. The third kappa shape index (κ3) is 3.35. The number of benzene rings is 1. The molecule has 3 rings (SSSR count). The van der Waals surface area contributed by atoms with Crippen LogP contribution in [0.3, 0.4) is 0 Å². The number of amides is 1. The molecular weight excluding hydrogens is 272 g/mol. The van der Waals surface area contributed by atoms with Gasteiger partial charge < -0.3 is 9.80 Å². The van der Waals surface area contributed by atoms with Crippen LogP contribution in [0, 0.1) is 0 Å². The summed E-state index contributed by atoms with van der Waals surface area (Å²) in [6.45, 7) is 6.58. The molecule has 1 amide bonds. The lowest BCUT2D eigenvalue weighted by molar-refractivity contribution is 0.0569. The molecule has 1 aromatic carbocycles. The van der Waals surface area contributed by atoms with Crippen molar-refractivity contribution in [3.63, 3.8) is 0 Å². The Balaban J connectivity index is 1.75. The fourth-order valence-corrected chi connectivity index (χ4v) is 3.42. The van der Waals surface area contributed by atoms with E-state index in [9.17, 15) is 4.79 Å². The fourth-order valence-electron chi connectivity index (χ4n) is 3.42. The van der Waals surface area contributed by atoms with Crippen molar-refractivity contribution in [1.82, 2.24) is 9.80 Å². The van der Waals surface area contributed by atoms with Gasteiger partial charge in [0.25, 0.3) is 5.91 Å². The summed E-state index contributed by atoms with van der Waals surface area (Å²) in [5.74, 6) is 0.755. The fraction of sp³-hybridized carbons (Fsp3) is 0.632. The Hall–Kier alpha value is -1.35. The Morgan fingerprint density at radius 2 is 1.59 bits per heavy atom. The Kier molecular flexibility index (Phi) is 4.53. The summed E-state index contributed by atoms with van der Waals surface area (Å²) < 4.78 is 0. The van der Waals surface area contributed by atoms with E-state index < -0.39 is 0 Å². The van der Waals surface area contributed by atoms with Crippen LogP contribution in [0.15, 0.2) is 24.3 Å². The van der Waals surface area contributed by atoms with E-state index >= 15 is 0 Å². The van der Waals surface area contributed by atoms with Crippen LogP contribution in [0.25, 0.3) is 0 Å². The Morgan fingerprint density at radius 3 is 2.09 bits per heavy atom. The molecule has 1 aliphatic carbocycles. The molecule has 2 aliphatic rings. The number of carbonyl (C=O) groups is 1. The molecule has 22 heavy (non-hydrogen) atoms. The van der Waals surface area contributed by atoms with Gasteiger partial charge in [-0.3, -0.25) is 4.79 Å². The van der Waals surface area contributed by atoms with E-state index in [1.165, 1.54) is 18.4 Å². The number of carbonyl (C=O) groups excluding carboxylic acids is 1. The van der Waals surface area contributed by atoms with Gasteiger partial charge in [0, 0.05) is 17.6 Å². The van der Waals surface area contributed by atoms with Gasteiger partial charge in [-0.2, -0.15) is 0 Å². The van der Waals surface area contributed by atoms with Crippen LogP contribution >= 0.6 is 0 Å². The number of nitrogens with zero attached hydrogens (tertiary/aromatic N) is 2. The standard InChI is InChI=1S/C19H28N2O/c1-14(2)15-4-6-16(7-5-15)19(22)21(17-8-9-17)18-10-12-20(3)13-11-18/h4-7,14,17-18H,8-13H2,1-3H3. The molecule has 0 aromatic heterocycles. The first-order chi connectivity index (χ1) is 10.6. The highest BCUT2D eigenvalue weighted by Gasteiger charge is 2.38. The van der Waals surface area contributed by atoms with Gasteiger partial charge in [-0.25, -0.2) is 0 Å². The second kappa shape index (κ2) is 6.41. The molecule has 0 atom stereocenters. The second-order valence-corrected chi connectivity index (χ2v) is 7.25. The van der Waals surface area contributed by atoms with E-state index in [1.807, 2.05) is 12.1 Å². The van der Waals surface area contributed by atoms with Crippen molar-refractivity contribution in [3.8, 4) is 0 Å². The van der Waals surface area contributed by atoms with Gasteiger partial charge in [0.2, 0.25) is 0 Å². The van der Waals surface area contributed by atoms with Crippen LogP contribution in [0.1, 0.15) is 61.4 Å². The summed E-state index contributed by atoms with van der Waals surface area (Å²) >= 11 is 0. The number of hydrogen-bond acceptors (Lipinski definition) is 2. The van der Waals surface area contributed by atoms with E-state index in [-0.39, 0.29) is 5.91 Å². The Labute approximate surface area is 134 Å². The molecule has 1 saturated carbocycles. The van der Waals surface area contributed by atoms with Crippen molar-refractivity contribution >= 4 is 5.91 Å². The monoisotopic (exact) mass is 300 g/mol. The molecule has 0 radical (unpaired) electrons. The van der Waals surface area contributed by atoms with Crippen LogP contribution < -0.4 is 0 Å². The van der Waals surface area contributed by atoms with E-state index in [2.05, 4.69) is 42.8 Å². The van der Waals surface area contributed by atoms with Crippen molar-refractivity contribution in [2.75, 3.05) is 20.1 Å². The van der Waals surface area contributed by atoms with Crippen LogP contribution in [0.2, 0.25) is 0 Å². The summed E-state index contributed by atoms with van der Waals surface area (Å²) in [6.07, 6.45) is 4.59. The smallest absolute Gasteiger partial charge is 0.254 e. The molecule has 1 saturated heterocycles. The number of hydrogen-bond donors (Lipinski definition) is 0. The average Bonchev–Trinajstić information content (AvgIpc) is 3.34. The van der Waals surface area contributed by atoms with E-state index in [0.717, 1.165) is 31.5 Å².